The number of pyridine rings is 1. The minimum absolute atomic E-state index is 0.0441. The van der Waals surface area contributed by atoms with Crippen molar-refractivity contribution in [2.45, 2.75) is 19.8 Å². The second-order valence-electron chi connectivity index (χ2n) is 6.44. The van der Waals surface area contributed by atoms with Gasteiger partial charge < -0.3 is 10.6 Å². The van der Waals surface area contributed by atoms with Gasteiger partial charge in [-0.3, -0.25) is 4.72 Å². The highest BCUT2D eigenvalue weighted by Gasteiger charge is 2.18. The second kappa shape index (κ2) is 10.4. The Kier molecular flexibility index (Phi) is 7.40. The molecule has 0 aliphatic rings. The number of rotatable bonds is 10. The Morgan fingerprint density at radius 2 is 1.88 bits per heavy atom. The summed E-state index contributed by atoms with van der Waals surface area (Å²) in [4.78, 5) is 20.5. The Balaban J connectivity index is 1.89. The molecule has 3 rings (SSSR count). The first-order chi connectivity index (χ1) is 15.4. The molecule has 0 aliphatic carbocycles. The van der Waals surface area contributed by atoms with Gasteiger partial charge in [0.15, 0.2) is 17.5 Å². The van der Waals surface area contributed by atoms with Crippen molar-refractivity contribution in [1.29, 1.82) is 5.26 Å². The van der Waals surface area contributed by atoms with Gasteiger partial charge in [-0.05, 0) is 12.5 Å². The summed E-state index contributed by atoms with van der Waals surface area (Å²) >= 11 is 0. The van der Waals surface area contributed by atoms with Crippen molar-refractivity contribution < 1.29 is 12.8 Å². The summed E-state index contributed by atoms with van der Waals surface area (Å²) in [5, 5.41) is 14.5. The van der Waals surface area contributed by atoms with Crippen LogP contribution in [0.2, 0.25) is 0 Å². The first kappa shape index (κ1) is 22.8. The fraction of sp³-hybridized carbons (Fsp3) is 0.263. The van der Waals surface area contributed by atoms with Crippen LogP contribution in [0.5, 0.6) is 0 Å². The molecule has 0 bridgehead atoms. The summed E-state index contributed by atoms with van der Waals surface area (Å²) in [5.74, 6) is -0.769. The lowest BCUT2D eigenvalue weighted by Crippen LogP contribution is -2.18. The molecular formula is C19H20FN9O2S. The van der Waals surface area contributed by atoms with Crippen LogP contribution in [-0.4, -0.2) is 45.6 Å². The van der Waals surface area contributed by atoms with Crippen LogP contribution in [0.3, 0.4) is 0 Å². The second-order valence-corrected chi connectivity index (χ2v) is 8.29. The monoisotopic (exact) mass is 457 g/mol. The highest BCUT2D eigenvalue weighted by atomic mass is 32.2. The van der Waals surface area contributed by atoms with Crippen LogP contribution >= 0.6 is 0 Å². The average molecular weight is 457 g/mol. The number of hydrogen-bond donors (Lipinski definition) is 3. The van der Waals surface area contributed by atoms with Crippen molar-refractivity contribution in [3.8, 4) is 17.5 Å². The van der Waals surface area contributed by atoms with Crippen molar-refractivity contribution in [3.63, 3.8) is 0 Å². The quantitative estimate of drug-likeness (QED) is 0.386. The van der Waals surface area contributed by atoms with E-state index in [4.69, 9.17) is 5.26 Å². The van der Waals surface area contributed by atoms with Gasteiger partial charge in [0.1, 0.15) is 17.8 Å². The molecule has 0 fully saturated rings. The van der Waals surface area contributed by atoms with Crippen LogP contribution < -0.4 is 15.4 Å². The molecule has 0 spiro atoms. The molecule has 3 aromatic rings. The van der Waals surface area contributed by atoms with Crippen LogP contribution in [-0.2, 0) is 10.0 Å². The summed E-state index contributed by atoms with van der Waals surface area (Å²) < 4.78 is 41.1. The Hall–Kier alpha value is -3.92. The van der Waals surface area contributed by atoms with Crippen LogP contribution in [0.15, 0.2) is 37.1 Å². The zero-order valence-electron chi connectivity index (χ0n) is 17.1. The Labute approximate surface area is 184 Å². The molecule has 0 unspecified atom stereocenters. The lowest BCUT2D eigenvalue weighted by Gasteiger charge is -2.13. The zero-order valence-corrected chi connectivity index (χ0v) is 17.9. The fourth-order valence-corrected chi connectivity index (χ4v) is 3.73. The first-order valence-corrected chi connectivity index (χ1v) is 11.2. The van der Waals surface area contributed by atoms with E-state index in [9.17, 15) is 12.8 Å². The van der Waals surface area contributed by atoms with Crippen molar-refractivity contribution in [1.82, 2.24) is 24.9 Å². The van der Waals surface area contributed by atoms with Gasteiger partial charge in [0.05, 0.1) is 29.6 Å². The highest BCUT2D eigenvalue weighted by Crippen LogP contribution is 2.28. The van der Waals surface area contributed by atoms with E-state index in [0.29, 0.717) is 36.6 Å². The molecule has 0 radical (unpaired) electrons. The number of nitrogens with one attached hydrogen (secondary N) is 3. The van der Waals surface area contributed by atoms with Crippen molar-refractivity contribution in [2.24, 2.45) is 0 Å². The predicted molar refractivity (Wildman–Crippen MR) is 117 cm³/mol. The molecule has 3 N–H and O–H groups in total. The molecule has 0 saturated heterocycles. The normalized spacial score (nSPS) is 10.9. The summed E-state index contributed by atoms with van der Waals surface area (Å²) in [6.45, 7) is 2.12. The van der Waals surface area contributed by atoms with E-state index >= 15 is 0 Å². The number of sulfonamides is 1. The highest BCUT2D eigenvalue weighted by molar-refractivity contribution is 7.92. The maximum Gasteiger partial charge on any atom is 0.233 e. The Morgan fingerprint density at radius 3 is 2.66 bits per heavy atom. The first-order valence-electron chi connectivity index (χ1n) is 9.59. The molecule has 11 nitrogen and oxygen atoms in total. The van der Waals surface area contributed by atoms with E-state index in [0.717, 1.165) is 0 Å². The van der Waals surface area contributed by atoms with Gasteiger partial charge in [-0.1, -0.05) is 6.92 Å². The van der Waals surface area contributed by atoms with Gasteiger partial charge in [-0.2, -0.15) is 5.26 Å². The smallest absolute Gasteiger partial charge is 0.233 e. The minimum atomic E-state index is -3.71. The van der Waals surface area contributed by atoms with E-state index in [2.05, 4.69) is 40.3 Å². The lowest BCUT2D eigenvalue weighted by atomic mass is 10.2. The fourth-order valence-electron chi connectivity index (χ4n) is 2.65. The van der Waals surface area contributed by atoms with Gasteiger partial charge >= 0.3 is 0 Å². The molecule has 3 heterocycles. The summed E-state index contributed by atoms with van der Waals surface area (Å²) in [6.07, 6.45) is 6.16. The third-order valence-electron chi connectivity index (χ3n) is 4.02. The molecule has 32 heavy (non-hydrogen) atoms. The third kappa shape index (κ3) is 5.82. The largest absolute Gasteiger partial charge is 0.369 e. The number of hydrogen-bond acceptors (Lipinski definition) is 10. The molecule has 3 aromatic heterocycles. The summed E-state index contributed by atoms with van der Waals surface area (Å²) in [5.41, 5.74) is 0.688. The lowest BCUT2D eigenvalue weighted by molar-refractivity contribution is 0.596. The molecule has 0 amide bonds. The predicted octanol–water partition coefficient (Wildman–Crippen LogP) is 2.69. The van der Waals surface area contributed by atoms with E-state index < -0.39 is 21.7 Å². The van der Waals surface area contributed by atoms with Gasteiger partial charge in [0.25, 0.3) is 0 Å². The average Bonchev–Trinajstić information content (AvgIpc) is 2.77. The Bertz CT molecular complexity index is 1230. The summed E-state index contributed by atoms with van der Waals surface area (Å²) in [7, 11) is -3.71. The molecule has 13 heteroatoms. The zero-order chi connectivity index (χ0) is 23.0. The molecular weight excluding hydrogens is 437 g/mol. The van der Waals surface area contributed by atoms with Crippen LogP contribution in [0.4, 0.5) is 27.5 Å². The van der Waals surface area contributed by atoms with E-state index in [1.165, 1.54) is 31.0 Å². The van der Waals surface area contributed by atoms with Crippen molar-refractivity contribution >= 4 is 33.2 Å². The van der Waals surface area contributed by atoms with Crippen molar-refractivity contribution in [2.75, 3.05) is 27.7 Å². The number of aromatic nitrogens is 5. The Morgan fingerprint density at radius 1 is 1.09 bits per heavy atom. The van der Waals surface area contributed by atoms with E-state index in [1.807, 2.05) is 6.07 Å². The maximum absolute atomic E-state index is 14.9. The standard InChI is InChI=1S/C19H20FN9O2S/c1-2-10-32(30,31)29-18-16(20)13(4-7-24-18)28-19-17(23-8-9-25-19)14-11-15(27-12-26-14)22-6-3-5-21/h4,7-9,11-12H,2-3,6,10H2,1H3,(H,22,26,27)(H2,24,25,28,29). The molecule has 0 aliphatic heterocycles. The SMILES string of the molecule is CCCS(=O)(=O)Nc1nccc(Nc2nccnc2-c2cc(NCCC#N)ncn2)c1F. The van der Waals surface area contributed by atoms with Crippen molar-refractivity contribution in [3.05, 3.63) is 42.9 Å². The van der Waals surface area contributed by atoms with Gasteiger partial charge in [0, 0.05) is 31.2 Å². The number of halogens is 1. The number of nitriles is 1. The van der Waals surface area contributed by atoms with Gasteiger partial charge in [-0.15, -0.1) is 0 Å². The molecule has 0 saturated carbocycles. The minimum Gasteiger partial charge on any atom is -0.369 e. The van der Waals surface area contributed by atoms with Crippen LogP contribution in [0.1, 0.15) is 19.8 Å². The summed E-state index contributed by atoms with van der Waals surface area (Å²) in [6, 6.07) is 5.00. The van der Waals surface area contributed by atoms with Crippen LogP contribution in [0.25, 0.3) is 11.4 Å². The molecule has 166 valence electrons. The van der Waals surface area contributed by atoms with E-state index in [1.54, 1.807) is 13.0 Å². The maximum atomic E-state index is 14.9. The van der Waals surface area contributed by atoms with Crippen LogP contribution in [0, 0.1) is 17.1 Å². The third-order valence-corrected chi connectivity index (χ3v) is 5.47. The van der Waals surface area contributed by atoms with Gasteiger partial charge in [-0.25, -0.2) is 37.7 Å². The number of anilines is 4. The van der Waals surface area contributed by atoms with Gasteiger partial charge in [0.2, 0.25) is 10.0 Å². The topological polar surface area (TPSA) is 158 Å². The molecule has 0 atom stereocenters. The number of nitrogens with zero attached hydrogens (tertiary/aromatic N) is 6. The molecule has 0 aromatic carbocycles. The van der Waals surface area contributed by atoms with E-state index in [-0.39, 0.29) is 17.3 Å².